The van der Waals surface area contributed by atoms with Crippen molar-refractivity contribution < 1.29 is 4.39 Å². The van der Waals surface area contributed by atoms with Gasteiger partial charge in [-0.15, -0.1) is 0 Å². The minimum Gasteiger partial charge on any atom is -0.311 e. The van der Waals surface area contributed by atoms with E-state index in [0.717, 1.165) is 12.3 Å². The zero-order chi connectivity index (χ0) is 12.3. The van der Waals surface area contributed by atoms with Crippen LogP contribution < -0.4 is 5.32 Å². The summed E-state index contributed by atoms with van der Waals surface area (Å²) >= 11 is 0. The summed E-state index contributed by atoms with van der Waals surface area (Å²) in [6.07, 6.45) is 4.93. The van der Waals surface area contributed by atoms with Gasteiger partial charge in [-0.05, 0) is 56.2 Å². The van der Waals surface area contributed by atoms with E-state index in [4.69, 9.17) is 0 Å². The second-order valence-electron chi connectivity index (χ2n) is 5.51. The van der Waals surface area contributed by atoms with Crippen molar-refractivity contribution in [1.82, 2.24) is 5.32 Å². The molecule has 1 aliphatic rings. The van der Waals surface area contributed by atoms with Crippen LogP contribution in [0.1, 0.15) is 38.7 Å². The van der Waals surface area contributed by atoms with Crippen molar-refractivity contribution in [1.29, 1.82) is 0 Å². The first kappa shape index (κ1) is 12.6. The summed E-state index contributed by atoms with van der Waals surface area (Å²) in [5.74, 6) is 0.713. The van der Waals surface area contributed by atoms with Crippen LogP contribution in [0.5, 0.6) is 0 Å². The maximum atomic E-state index is 12.8. The fraction of sp³-hybridized carbons (Fsp3) is 0.600. The summed E-state index contributed by atoms with van der Waals surface area (Å²) in [6, 6.07) is 7.99. The maximum absolute atomic E-state index is 12.8. The van der Waals surface area contributed by atoms with Gasteiger partial charge < -0.3 is 5.32 Å². The van der Waals surface area contributed by atoms with Crippen molar-refractivity contribution in [3.05, 3.63) is 35.6 Å². The van der Waals surface area contributed by atoms with Crippen molar-refractivity contribution >= 4 is 0 Å². The lowest BCUT2D eigenvalue weighted by molar-refractivity contribution is 0.437. The van der Waals surface area contributed by atoms with Gasteiger partial charge in [0, 0.05) is 12.1 Å². The Hall–Kier alpha value is -0.890. The molecule has 0 saturated heterocycles. The third-order valence-electron chi connectivity index (χ3n) is 3.67. The van der Waals surface area contributed by atoms with Crippen molar-refractivity contribution in [3.8, 4) is 0 Å². The molecule has 2 rings (SSSR count). The molecule has 2 heteroatoms. The molecule has 1 aromatic rings. The molecule has 3 atom stereocenters. The van der Waals surface area contributed by atoms with Crippen molar-refractivity contribution in [3.63, 3.8) is 0 Å². The van der Waals surface area contributed by atoms with Crippen LogP contribution in [-0.4, -0.2) is 12.1 Å². The molecule has 1 nitrogen and oxygen atoms in total. The monoisotopic (exact) mass is 235 g/mol. The fourth-order valence-corrected chi connectivity index (χ4v) is 2.79. The molecule has 0 radical (unpaired) electrons. The summed E-state index contributed by atoms with van der Waals surface area (Å²) < 4.78 is 12.8. The highest BCUT2D eigenvalue weighted by Gasteiger charge is 2.22. The van der Waals surface area contributed by atoms with E-state index >= 15 is 0 Å². The van der Waals surface area contributed by atoms with Gasteiger partial charge in [-0.25, -0.2) is 4.39 Å². The van der Waals surface area contributed by atoms with Gasteiger partial charge in [0.1, 0.15) is 5.82 Å². The van der Waals surface area contributed by atoms with Crippen LogP contribution in [0, 0.1) is 11.7 Å². The first-order chi connectivity index (χ1) is 8.13. The Labute approximate surface area is 103 Å². The number of benzene rings is 1. The average Bonchev–Trinajstić information content (AvgIpc) is 2.67. The molecule has 0 aromatic heterocycles. The van der Waals surface area contributed by atoms with Gasteiger partial charge in [0.15, 0.2) is 0 Å². The maximum Gasteiger partial charge on any atom is 0.123 e. The fourth-order valence-electron chi connectivity index (χ4n) is 2.79. The average molecular weight is 235 g/mol. The highest BCUT2D eigenvalue weighted by Crippen LogP contribution is 2.25. The predicted octanol–water partition coefficient (Wildman–Crippen LogP) is 3.53. The summed E-state index contributed by atoms with van der Waals surface area (Å²) in [5, 5.41) is 3.68. The number of nitrogens with one attached hydrogen (secondary N) is 1. The van der Waals surface area contributed by atoms with E-state index in [-0.39, 0.29) is 5.82 Å². The summed E-state index contributed by atoms with van der Waals surface area (Å²) in [4.78, 5) is 0. The number of halogens is 1. The lowest BCUT2D eigenvalue weighted by Crippen LogP contribution is -2.36. The van der Waals surface area contributed by atoms with Crippen LogP contribution >= 0.6 is 0 Å². The molecule has 1 aromatic carbocycles. The molecule has 94 valence electrons. The van der Waals surface area contributed by atoms with Crippen LogP contribution in [0.25, 0.3) is 0 Å². The summed E-state index contributed by atoms with van der Waals surface area (Å²) in [6.45, 7) is 4.54. The molecule has 3 unspecified atom stereocenters. The minimum absolute atomic E-state index is 0.154. The molecule has 1 aliphatic carbocycles. The Morgan fingerprint density at radius 1 is 1.29 bits per heavy atom. The molecule has 0 heterocycles. The lowest BCUT2D eigenvalue weighted by Gasteiger charge is -2.19. The molecule has 0 bridgehead atoms. The normalized spacial score (nSPS) is 26.1. The SMILES string of the molecule is CC1CCC(NC(C)Cc2ccc(F)cc2)C1. The van der Waals surface area contributed by atoms with Crippen LogP contribution in [0.2, 0.25) is 0 Å². The van der Waals surface area contributed by atoms with E-state index in [0.29, 0.717) is 12.1 Å². The largest absolute Gasteiger partial charge is 0.311 e. The van der Waals surface area contributed by atoms with Gasteiger partial charge in [-0.1, -0.05) is 19.1 Å². The van der Waals surface area contributed by atoms with E-state index in [1.54, 1.807) is 12.1 Å². The molecule has 1 N–H and O–H groups in total. The van der Waals surface area contributed by atoms with Crippen LogP contribution in [-0.2, 0) is 6.42 Å². The molecule has 0 spiro atoms. The Bertz CT molecular complexity index is 346. The molecular weight excluding hydrogens is 213 g/mol. The Kier molecular flexibility index (Phi) is 4.16. The molecule has 0 aliphatic heterocycles. The predicted molar refractivity (Wildman–Crippen MR) is 69.5 cm³/mol. The first-order valence-electron chi connectivity index (χ1n) is 6.64. The third-order valence-corrected chi connectivity index (χ3v) is 3.67. The van der Waals surface area contributed by atoms with E-state index in [1.165, 1.54) is 24.8 Å². The second kappa shape index (κ2) is 5.63. The molecule has 1 fully saturated rings. The molecular formula is C15H22FN. The summed E-state index contributed by atoms with van der Waals surface area (Å²) in [7, 11) is 0. The first-order valence-corrected chi connectivity index (χ1v) is 6.64. The highest BCUT2D eigenvalue weighted by atomic mass is 19.1. The summed E-state index contributed by atoms with van der Waals surface area (Å²) in [5.41, 5.74) is 1.21. The standard InChI is InChI=1S/C15H22FN/c1-11-3-8-15(9-11)17-12(2)10-13-4-6-14(16)7-5-13/h4-7,11-12,15,17H,3,8-10H2,1-2H3. The zero-order valence-corrected chi connectivity index (χ0v) is 10.7. The zero-order valence-electron chi connectivity index (χ0n) is 10.7. The van der Waals surface area contributed by atoms with E-state index in [2.05, 4.69) is 19.2 Å². The second-order valence-corrected chi connectivity index (χ2v) is 5.51. The van der Waals surface area contributed by atoms with Gasteiger partial charge in [0.2, 0.25) is 0 Å². The Morgan fingerprint density at radius 2 is 2.00 bits per heavy atom. The topological polar surface area (TPSA) is 12.0 Å². The lowest BCUT2D eigenvalue weighted by atomic mass is 10.1. The number of hydrogen-bond donors (Lipinski definition) is 1. The van der Waals surface area contributed by atoms with Gasteiger partial charge in [-0.3, -0.25) is 0 Å². The molecule has 0 amide bonds. The smallest absolute Gasteiger partial charge is 0.123 e. The van der Waals surface area contributed by atoms with Gasteiger partial charge >= 0.3 is 0 Å². The van der Waals surface area contributed by atoms with Crippen LogP contribution in [0.3, 0.4) is 0 Å². The Morgan fingerprint density at radius 3 is 2.59 bits per heavy atom. The van der Waals surface area contributed by atoms with Crippen molar-refractivity contribution in [2.45, 2.75) is 51.6 Å². The van der Waals surface area contributed by atoms with Gasteiger partial charge in [-0.2, -0.15) is 0 Å². The number of hydrogen-bond acceptors (Lipinski definition) is 1. The third kappa shape index (κ3) is 3.81. The van der Waals surface area contributed by atoms with Crippen LogP contribution in [0.4, 0.5) is 4.39 Å². The van der Waals surface area contributed by atoms with Crippen LogP contribution in [0.15, 0.2) is 24.3 Å². The Balaban J connectivity index is 1.80. The molecule has 17 heavy (non-hydrogen) atoms. The van der Waals surface area contributed by atoms with Gasteiger partial charge in [0.25, 0.3) is 0 Å². The van der Waals surface area contributed by atoms with E-state index in [1.807, 2.05) is 12.1 Å². The minimum atomic E-state index is -0.154. The van der Waals surface area contributed by atoms with Crippen molar-refractivity contribution in [2.75, 3.05) is 0 Å². The molecule has 1 saturated carbocycles. The van der Waals surface area contributed by atoms with Gasteiger partial charge in [0.05, 0.1) is 0 Å². The van der Waals surface area contributed by atoms with E-state index in [9.17, 15) is 4.39 Å². The highest BCUT2D eigenvalue weighted by molar-refractivity contribution is 5.17. The quantitative estimate of drug-likeness (QED) is 0.841. The number of rotatable bonds is 4. The van der Waals surface area contributed by atoms with E-state index < -0.39 is 0 Å². The van der Waals surface area contributed by atoms with Crippen molar-refractivity contribution in [2.24, 2.45) is 5.92 Å².